The van der Waals surface area contributed by atoms with Crippen molar-refractivity contribution in [3.63, 3.8) is 0 Å². The average molecular weight is 248 g/mol. The predicted molar refractivity (Wildman–Crippen MR) is 62.5 cm³/mol. The van der Waals surface area contributed by atoms with E-state index >= 15 is 0 Å². The first-order chi connectivity index (χ1) is 7.13. The lowest BCUT2D eigenvalue weighted by molar-refractivity contribution is -0.131. The highest BCUT2D eigenvalue weighted by atomic mass is 35.5. The molecule has 0 amide bonds. The highest BCUT2D eigenvalue weighted by Crippen LogP contribution is 2.20. The zero-order valence-corrected chi connectivity index (χ0v) is 9.80. The van der Waals surface area contributed by atoms with Crippen LogP contribution < -0.4 is 10.5 Å². The summed E-state index contributed by atoms with van der Waals surface area (Å²) in [5, 5.41) is 0. The molecule has 0 aromatic heterocycles. The summed E-state index contributed by atoms with van der Waals surface area (Å²) in [4.78, 5) is 10.7. The van der Waals surface area contributed by atoms with Gasteiger partial charge in [-0.3, -0.25) is 9.18 Å². The number of carbonyl (C=O) groups excluding carboxylic acids is 1. The van der Waals surface area contributed by atoms with Gasteiger partial charge in [0, 0.05) is 13.0 Å². The van der Waals surface area contributed by atoms with Crippen LogP contribution in [0.1, 0.15) is 24.9 Å². The first kappa shape index (κ1) is 14.9. The second kappa shape index (κ2) is 7.19. The lowest BCUT2D eigenvalue weighted by Crippen LogP contribution is -2.11. The van der Waals surface area contributed by atoms with Crippen LogP contribution in [0.3, 0.4) is 0 Å². The number of alkyl halides is 1. The molecule has 1 rings (SSSR count). The Labute approximate surface area is 100 Å². The smallest absolute Gasteiger partial charge is 0.308 e. The monoisotopic (exact) mass is 247 g/mol. The summed E-state index contributed by atoms with van der Waals surface area (Å²) in [6, 6.07) is 6.47. The number of ether oxygens (including phenoxy) is 1. The van der Waals surface area contributed by atoms with Crippen LogP contribution in [0.25, 0.3) is 0 Å². The van der Waals surface area contributed by atoms with E-state index in [4.69, 9.17) is 10.5 Å². The molecule has 0 unspecified atom stereocenters. The zero-order chi connectivity index (χ0) is 11.3. The van der Waals surface area contributed by atoms with Crippen LogP contribution in [0.15, 0.2) is 24.3 Å². The Morgan fingerprint density at radius 2 is 2.25 bits per heavy atom. The SMILES string of the molecule is CC(=O)Oc1cccc([C@@H](N)CCF)c1.Cl. The molecule has 0 saturated heterocycles. The minimum atomic E-state index is -0.459. The maximum Gasteiger partial charge on any atom is 0.308 e. The van der Waals surface area contributed by atoms with E-state index in [0.717, 1.165) is 5.56 Å². The quantitative estimate of drug-likeness (QED) is 0.657. The van der Waals surface area contributed by atoms with Crippen molar-refractivity contribution < 1.29 is 13.9 Å². The highest BCUT2D eigenvalue weighted by molar-refractivity contribution is 5.85. The first-order valence-electron chi connectivity index (χ1n) is 4.73. The third-order valence-corrected chi connectivity index (χ3v) is 1.97. The van der Waals surface area contributed by atoms with Crippen LogP contribution in [-0.2, 0) is 4.79 Å². The molecule has 3 nitrogen and oxygen atoms in total. The van der Waals surface area contributed by atoms with Gasteiger partial charge in [0.15, 0.2) is 0 Å². The third kappa shape index (κ3) is 4.59. The summed E-state index contributed by atoms with van der Waals surface area (Å²) in [5.41, 5.74) is 6.49. The number of esters is 1. The van der Waals surface area contributed by atoms with Crippen LogP contribution in [0.5, 0.6) is 5.75 Å². The molecule has 0 heterocycles. The van der Waals surface area contributed by atoms with Crippen LogP contribution in [0.4, 0.5) is 4.39 Å². The number of hydrogen-bond acceptors (Lipinski definition) is 3. The van der Waals surface area contributed by atoms with Gasteiger partial charge in [-0.05, 0) is 24.1 Å². The molecule has 5 heteroatoms. The summed E-state index contributed by atoms with van der Waals surface area (Å²) >= 11 is 0. The Morgan fingerprint density at radius 1 is 1.56 bits per heavy atom. The lowest BCUT2D eigenvalue weighted by atomic mass is 10.1. The third-order valence-electron chi connectivity index (χ3n) is 1.97. The van der Waals surface area contributed by atoms with Gasteiger partial charge in [-0.2, -0.15) is 0 Å². The Bertz CT molecular complexity index is 347. The van der Waals surface area contributed by atoms with E-state index in [0.29, 0.717) is 5.75 Å². The van der Waals surface area contributed by atoms with Gasteiger partial charge < -0.3 is 10.5 Å². The van der Waals surface area contributed by atoms with Crippen molar-refractivity contribution >= 4 is 18.4 Å². The van der Waals surface area contributed by atoms with Crippen LogP contribution in [-0.4, -0.2) is 12.6 Å². The van der Waals surface area contributed by atoms with E-state index in [1.807, 2.05) is 0 Å². The number of benzene rings is 1. The number of rotatable bonds is 4. The molecule has 0 bridgehead atoms. The Kier molecular flexibility index (Phi) is 6.69. The van der Waals surface area contributed by atoms with E-state index in [-0.39, 0.29) is 30.8 Å². The maximum absolute atomic E-state index is 12.1. The molecule has 0 aliphatic rings. The molecule has 2 N–H and O–H groups in total. The molecule has 1 aromatic carbocycles. The topological polar surface area (TPSA) is 52.3 Å². The Morgan fingerprint density at radius 3 is 2.81 bits per heavy atom. The normalized spacial score (nSPS) is 11.4. The number of hydrogen-bond donors (Lipinski definition) is 1. The second-order valence-electron chi connectivity index (χ2n) is 3.25. The predicted octanol–water partition coefficient (Wildman–Crippen LogP) is 2.39. The van der Waals surface area contributed by atoms with Gasteiger partial charge in [0.1, 0.15) is 5.75 Å². The van der Waals surface area contributed by atoms with Gasteiger partial charge in [-0.1, -0.05) is 12.1 Å². The Hall–Kier alpha value is -1.13. The van der Waals surface area contributed by atoms with Gasteiger partial charge >= 0.3 is 5.97 Å². The summed E-state index contributed by atoms with van der Waals surface area (Å²) < 4.78 is 17.0. The fraction of sp³-hybridized carbons (Fsp3) is 0.364. The Balaban J connectivity index is 0.00000225. The molecule has 1 atom stereocenters. The van der Waals surface area contributed by atoms with Gasteiger partial charge in [-0.15, -0.1) is 12.4 Å². The van der Waals surface area contributed by atoms with E-state index in [2.05, 4.69) is 0 Å². The van der Waals surface area contributed by atoms with E-state index in [1.54, 1.807) is 24.3 Å². The first-order valence-corrected chi connectivity index (χ1v) is 4.73. The van der Waals surface area contributed by atoms with E-state index < -0.39 is 6.67 Å². The minimum absolute atomic E-state index is 0. The van der Waals surface area contributed by atoms with Crippen molar-refractivity contribution in [1.29, 1.82) is 0 Å². The molecule has 0 spiro atoms. The highest BCUT2D eigenvalue weighted by Gasteiger charge is 2.07. The number of halogens is 2. The molecule has 16 heavy (non-hydrogen) atoms. The standard InChI is InChI=1S/C11H14FNO2.ClH/c1-8(14)15-10-4-2-3-9(7-10)11(13)5-6-12;/h2-4,7,11H,5-6,13H2,1H3;1H/t11-;/m0./s1. The molecule has 0 radical (unpaired) electrons. The fourth-order valence-corrected chi connectivity index (χ4v) is 1.26. The molecule has 0 aliphatic carbocycles. The minimum Gasteiger partial charge on any atom is -0.427 e. The summed E-state index contributed by atoms with van der Waals surface area (Å²) in [6.45, 7) is 0.868. The summed E-state index contributed by atoms with van der Waals surface area (Å²) in [6.07, 6.45) is 0.267. The molecule has 0 saturated carbocycles. The van der Waals surface area contributed by atoms with Crippen LogP contribution >= 0.6 is 12.4 Å². The largest absolute Gasteiger partial charge is 0.427 e. The van der Waals surface area contributed by atoms with Crippen molar-refractivity contribution in [2.45, 2.75) is 19.4 Å². The van der Waals surface area contributed by atoms with Gasteiger partial charge in [-0.25, -0.2) is 0 Å². The molecule has 1 aromatic rings. The van der Waals surface area contributed by atoms with Crippen LogP contribution in [0.2, 0.25) is 0 Å². The molecular weight excluding hydrogens is 233 g/mol. The summed E-state index contributed by atoms with van der Waals surface area (Å²) in [5.74, 6) is 0.0560. The molecule has 0 aliphatic heterocycles. The lowest BCUT2D eigenvalue weighted by Gasteiger charge is -2.10. The van der Waals surface area contributed by atoms with Crippen LogP contribution in [0, 0.1) is 0 Å². The number of nitrogens with two attached hydrogens (primary N) is 1. The van der Waals surface area contributed by atoms with E-state index in [9.17, 15) is 9.18 Å². The van der Waals surface area contributed by atoms with Crippen molar-refractivity contribution in [2.24, 2.45) is 5.73 Å². The van der Waals surface area contributed by atoms with E-state index in [1.165, 1.54) is 6.92 Å². The second-order valence-corrected chi connectivity index (χ2v) is 3.25. The zero-order valence-electron chi connectivity index (χ0n) is 8.98. The average Bonchev–Trinajstić information content (AvgIpc) is 2.17. The molecular formula is C11H15ClFNO2. The number of carbonyl (C=O) groups is 1. The molecule has 0 fully saturated rings. The van der Waals surface area contributed by atoms with Crippen molar-refractivity contribution in [2.75, 3.05) is 6.67 Å². The van der Waals surface area contributed by atoms with Gasteiger partial charge in [0.2, 0.25) is 0 Å². The van der Waals surface area contributed by atoms with Crippen molar-refractivity contribution in [3.8, 4) is 5.75 Å². The molecule has 90 valence electrons. The van der Waals surface area contributed by atoms with Gasteiger partial charge in [0.25, 0.3) is 0 Å². The fourth-order valence-electron chi connectivity index (χ4n) is 1.26. The van der Waals surface area contributed by atoms with Crippen molar-refractivity contribution in [1.82, 2.24) is 0 Å². The maximum atomic E-state index is 12.1. The van der Waals surface area contributed by atoms with Gasteiger partial charge in [0.05, 0.1) is 6.67 Å². The van der Waals surface area contributed by atoms with Crippen molar-refractivity contribution in [3.05, 3.63) is 29.8 Å². The summed E-state index contributed by atoms with van der Waals surface area (Å²) in [7, 11) is 0.